The van der Waals surface area contributed by atoms with Crippen molar-refractivity contribution >= 4 is 17.4 Å². The molecule has 0 bridgehead atoms. The van der Waals surface area contributed by atoms with Gasteiger partial charge in [-0.15, -0.1) is 0 Å². The molecule has 6 nitrogen and oxygen atoms in total. The number of rotatable bonds is 10. The molecule has 0 atom stereocenters. The number of nitrogens with one attached hydrogen (secondary N) is 2. The summed E-state index contributed by atoms with van der Waals surface area (Å²) in [4.78, 5) is 23.8. The molecule has 172 valence electrons. The Balaban J connectivity index is 1.29. The molecule has 0 radical (unpaired) electrons. The number of anilines is 2. The van der Waals surface area contributed by atoms with E-state index < -0.39 is 0 Å². The van der Waals surface area contributed by atoms with Crippen LogP contribution in [0.5, 0.6) is 0 Å². The number of amides is 1. The van der Waals surface area contributed by atoms with Crippen molar-refractivity contribution in [2.24, 2.45) is 0 Å². The van der Waals surface area contributed by atoms with Gasteiger partial charge in [0.25, 0.3) is 5.91 Å². The minimum Gasteiger partial charge on any atom is -0.351 e. The van der Waals surface area contributed by atoms with Gasteiger partial charge in [-0.05, 0) is 42.4 Å². The van der Waals surface area contributed by atoms with Crippen LogP contribution in [0.1, 0.15) is 22.8 Å². The lowest BCUT2D eigenvalue weighted by Crippen LogP contribution is -2.34. The Morgan fingerprint density at radius 3 is 2.29 bits per heavy atom. The number of carbonyl (C=O) groups excluding carboxylic acids is 1. The fraction of sp³-hybridized carbons (Fsp3) is 0.179. The van der Waals surface area contributed by atoms with E-state index >= 15 is 0 Å². The van der Waals surface area contributed by atoms with E-state index in [0.29, 0.717) is 23.8 Å². The third-order valence-corrected chi connectivity index (χ3v) is 5.52. The summed E-state index contributed by atoms with van der Waals surface area (Å²) in [6.45, 7) is 5.34. The fourth-order valence-corrected chi connectivity index (χ4v) is 3.63. The largest absolute Gasteiger partial charge is 0.351 e. The fourth-order valence-electron chi connectivity index (χ4n) is 3.63. The lowest BCUT2D eigenvalue weighted by atomic mass is 10.2. The maximum absolute atomic E-state index is 12.6. The number of nitrogens with zero attached hydrogens (tertiary/aromatic N) is 3. The second-order valence-corrected chi connectivity index (χ2v) is 7.94. The molecule has 0 fully saturated rings. The van der Waals surface area contributed by atoms with Crippen molar-refractivity contribution in [3.8, 4) is 11.4 Å². The first-order valence-electron chi connectivity index (χ1n) is 11.5. The zero-order valence-corrected chi connectivity index (χ0v) is 19.3. The third-order valence-electron chi connectivity index (χ3n) is 5.52. The SMILES string of the molecule is CCN(CCNC(=O)c1ccc(Nc2ccnc(-c3ccccc3)n2)cc1)Cc1ccccc1. The van der Waals surface area contributed by atoms with Crippen LogP contribution in [0.25, 0.3) is 11.4 Å². The van der Waals surface area contributed by atoms with Gasteiger partial charge in [0.15, 0.2) is 5.82 Å². The van der Waals surface area contributed by atoms with E-state index in [1.807, 2.05) is 66.7 Å². The molecule has 0 aliphatic heterocycles. The maximum Gasteiger partial charge on any atom is 0.251 e. The molecule has 2 N–H and O–H groups in total. The summed E-state index contributed by atoms with van der Waals surface area (Å²) in [5.74, 6) is 1.29. The molecular formula is C28H29N5O. The minimum absolute atomic E-state index is 0.0734. The lowest BCUT2D eigenvalue weighted by Gasteiger charge is -2.20. The Kier molecular flexibility index (Phi) is 7.98. The molecule has 34 heavy (non-hydrogen) atoms. The highest BCUT2D eigenvalue weighted by atomic mass is 16.1. The molecule has 0 saturated heterocycles. The van der Waals surface area contributed by atoms with Crippen molar-refractivity contribution in [3.05, 3.63) is 108 Å². The highest BCUT2D eigenvalue weighted by Crippen LogP contribution is 2.19. The van der Waals surface area contributed by atoms with Gasteiger partial charge < -0.3 is 10.6 Å². The van der Waals surface area contributed by atoms with E-state index in [1.165, 1.54) is 5.56 Å². The van der Waals surface area contributed by atoms with Crippen LogP contribution < -0.4 is 10.6 Å². The Labute approximate surface area is 200 Å². The summed E-state index contributed by atoms with van der Waals surface area (Å²) in [6.07, 6.45) is 1.73. The number of carbonyl (C=O) groups is 1. The normalized spacial score (nSPS) is 10.8. The van der Waals surface area contributed by atoms with Gasteiger partial charge in [0, 0.05) is 42.6 Å². The third kappa shape index (κ3) is 6.49. The Bertz CT molecular complexity index is 1180. The number of hydrogen-bond acceptors (Lipinski definition) is 5. The van der Waals surface area contributed by atoms with Crippen LogP contribution in [-0.2, 0) is 6.54 Å². The smallest absolute Gasteiger partial charge is 0.251 e. The molecule has 4 aromatic rings. The number of hydrogen-bond donors (Lipinski definition) is 2. The molecule has 0 unspecified atom stereocenters. The molecule has 1 heterocycles. The van der Waals surface area contributed by atoms with Crippen molar-refractivity contribution < 1.29 is 4.79 Å². The second kappa shape index (κ2) is 11.7. The van der Waals surface area contributed by atoms with Crippen molar-refractivity contribution in [1.82, 2.24) is 20.2 Å². The Morgan fingerprint density at radius 1 is 0.882 bits per heavy atom. The van der Waals surface area contributed by atoms with E-state index in [0.717, 1.165) is 30.9 Å². The molecule has 6 heteroatoms. The number of benzene rings is 3. The van der Waals surface area contributed by atoms with Crippen molar-refractivity contribution in [2.75, 3.05) is 25.0 Å². The highest BCUT2D eigenvalue weighted by molar-refractivity contribution is 5.94. The summed E-state index contributed by atoms with van der Waals surface area (Å²) in [6, 6.07) is 29.5. The monoisotopic (exact) mass is 451 g/mol. The van der Waals surface area contributed by atoms with Crippen molar-refractivity contribution in [1.29, 1.82) is 0 Å². The van der Waals surface area contributed by atoms with Gasteiger partial charge in [0.05, 0.1) is 0 Å². The Morgan fingerprint density at radius 2 is 1.59 bits per heavy atom. The quantitative estimate of drug-likeness (QED) is 0.349. The molecule has 0 aliphatic carbocycles. The first-order valence-corrected chi connectivity index (χ1v) is 11.5. The van der Waals surface area contributed by atoms with E-state index in [9.17, 15) is 4.79 Å². The van der Waals surface area contributed by atoms with E-state index in [1.54, 1.807) is 6.20 Å². The van der Waals surface area contributed by atoms with E-state index in [4.69, 9.17) is 0 Å². The van der Waals surface area contributed by atoms with Crippen molar-refractivity contribution in [3.63, 3.8) is 0 Å². The van der Waals surface area contributed by atoms with E-state index in [2.05, 4.69) is 56.7 Å². The number of likely N-dealkylation sites (N-methyl/N-ethyl adjacent to an activating group) is 1. The molecule has 0 aliphatic rings. The first kappa shape index (κ1) is 23.1. The first-order chi connectivity index (χ1) is 16.7. The molecule has 0 spiro atoms. The predicted molar refractivity (Wildman–Crippen MR) is 137 cm³/mol. The molecule has 1 aromatic heterocycles. The van der Waals surface area contributed by atoms with Crippen LogP contribution in [0.4, 0.5) is 11.5 Å². The Hall–Kier alpha value is -4.03. The van der Waals surface area contributed by atoms with Gasteiger partial charge in [-0.1, -0.05) is 67.6 Å². The number of aromatic nitrogens is 2. The average Bonchev–Trinajstić information content (AvgIpc) is 2.90. The summed E-state index contributed by atoms with van der Waals surface area (Å²) >= 11 is 0. The standard InChI is InChI=1S/C28H29N5O/c1-2-33(21-22-9-5-3-6-10-22)20-19-30-28(34)24-13-15-25(16-14-24)31-26-17-18-29-27(32-26)23-11-7-4-8-12-23/h3-18H,2,19-21H2,1H3,(H,30,34)(H,29,31,32). The minimum atomic E-state index is -0.0734. The van der Waals surface area contributed by atoms with Crippen LogP contribution in [-0.4, -0.2) is 40.4 Å². The molecule has 0 saturated carbocycles. The van der Waals surface area contributed by atoms with Crippen molar-refractivity contribution in [2.45, 2.75) is 13.5 Å². The lowest BCUT2D eigenvalue weighted by molar-refractivity contribution is 0.0948. The molecular weight excluding hydrogens is 422 g/mol. The van der Waals surface area contributed by atoms with Crippen LogP contribution in [0, 0.1) is 0 Å². The van der Waals surface area contributed by atoms with Crippen LogP contribution in [0.3, 0.4) is 0 Å². The highest BCUT2D eigenvalue weighted by Gasteiger charge is 2.08. The second-order valence-electron chi connectivity index (χ2n) is 7.94. The van der Waals surface area contributed by atoms with Gasteiger partial charge in [-0.25, -0.2) is 9.97 Å². The summed E-state index contributed by atoms with van der Waals surface area (Å²) in [5.41, 5.74) is 3.72. The van der Waals surface area contributed by atoms with Gasteiger partial charge in [-0.2, -0.15) is 0 Å². The zero-order chi connectivity index (χ0) is 23.6. The van der Waals surface area contributed by atoms with Gasteiger partial charge in [0.1, 0.15) is 5.82 Å². The van der Waals surface area contributed by atoms with Crippen LogP contribution in [0.15, 0.2) is 97.2 Å². The van der Waals surface area contributed by atoms with Crippen LogP contribution in [0.2, 0.25) is 0 Å². The topological polar surface area (TPSA) is 70.2 Å². The average molecular weight is 452 g/mol. The van der Waals surface area contributed by atoms with Crippen LogP contribution >= 0.6 is 0 Å². The summed E-state index contributed by atoms with van der Waals surface area (Å²) < 4.78 is 0. The zero-order valence-electron chi connectivity index (χ0n) is 19.3. The predicted octanol–water partition coefficient (Wildman–Crippen LogP) is 5.14. The van der Waals surface area contributed by atoms with Gasteiger partial charge in [-0.3, -0.25) is 9.69 Å². The van der Waals surface area contributed by atoms with Gasteiger partial charge >= 0.3 is 0 Å². The van der Waals surface area contributed by atoms with Gasteiger partial charge in [0.2, 0.25) is 0 Å². The molecule has 4 rings (SSSR count). The molecule has 3 aromatic carbocycles. The van der Waals surface area contributed by atoms with E-state index in [-0.39, 0.29) is 5.91 Å². The summed E-state index contributed by atoms with van der Waals surface area (Å²) in [7, 11) is 0. The summed E-state index contributed by atoms with van der Waals surface area (Å²) in [5, 5.41) is 6.30. The maximum atomic E-state index is 12.6. The molecule has 1 amide bonds.